The van der Waals surface area contributed by atoms with Crippen LogP contribution in [-0.4, -0.2) is 9.52 Å². The van der Waals surface area contributed by atoms with E-state index in [1.165, 1.54) is 0 Å². The Balaban J connectivity index is 2.19. The van der Waals surface area contributed by atoms with Crippen LogP contribution in [0.4, 0.5) is 8.78 Å². The summed E-state index contributed by atoms with van der Waals surface area (Å²) in [5.41, 5.74) is 2.07. The molecule has 0 heterocycles. The van der Waals surface area contributed by atoms with Crippen LogP contribution in [-0.2, 0) is 0 Å². The zero-order valence-corrected chi connectivity index (χ0v) is 14.5. The second-order valence-electron chi connectivity index (χ2n) is 5.47. The van der Waals surface area contributed by atoms with E-state index in [1.54, 1.807) is 12.1 Å². The predicted molar refractivity (Wildman–Crippen MR) is 91.4 cm³/mol. The lowest BCUT2D eigenvalue weighted by Gasteiger charge is -2.04. The van der Waals surface area contributed by atoms with Crippen molar-refractivity contribution in [1.29, 1.82) is 0 Å². The van der Waals surface area contributed by atoms with Gasteiger partial charge in [-0.05, 0) is 30.3 Å². The minimum atomic E-state index is -0.805. The molecule has 0 bridgehead atoms. The largest absolute Gasteiger partial charge is 0.204 e. The first-order chi connectivity index (χ1) is 10.6. The van der Waals surface area contributed by atoms with Crippen LogP contribution in [0.5, 0.6) is 0 Å². The molecule has 0 amide bonds. The standard InChI is InChI=1S/C19H20F2Si/c1-3-4-13-22-17-12-11-16(18(20)19(17)21)10-9-15-7-5-14(2)6-8-15/h5-8,11-12H,3-4,13,22H2,1-2H3. The Morgan fingerprint density at radius 2 is 1.68 bits per heavy atom. The summed E-state index contributed by atoms with van der Waals surface area (Å²) in [7, 11) is -0.721. The zero-order chi connectivity index (χ0) is 15.9. The first kappa shape index (κ1) is 16.4. The Bertz CT molecular complexity index is 694. The van der Waals surface area contributed by atoms with Crippen molar-refractivity contribution in [2.45, 2.75) is 32.7 Å². The number of unbranched alkanes of at least 4 members (excludes halogenated alkanes) is 1. The highest BCUT2D eigenvalue weighted by Crippen LogP contribution is 2.10. The van der Waals surface area contributed by atoms with E-state index in [0.717, 1.165) is 30.0 Å². The topological polar surface area (TPSA) is 0 Å². The molecular weight excluding hydrogens is 294 g/mol. The van der Waals surface area contributed by atoms with E-state index >= 15 is 0 Å². The molecule has 2 aromatic carbocycles. The molecule has 22 heavy (non-hydrogen) atoms. The van der Waals surface area contributed by atoms with Crippen LogP contribution in [0.3, 0.4) is 0 Å². The van der Waals surface area contributed by atoms with Crippen LogP contribution in [0.1, 0.15) is 36.5 Å². The van der Waals surface area contributed by atoms with Crippen LogP contribution in [0.25, 0.3) is 0 Å². The molecule has 0 fully saturated rings. The number of halogens is 2. The Labute approximate surface area is 133 Å². The maximum absolute atomic E-state index is 14.1. The lowest BCUT2D eigenvalue weighted by molar-refractivity contribution is 0.512. The molecule has 0 aromatic heterocycles. The summed E-state index contributed by atoms with van der Waals surface area (Å²) >= 11 is 0. The van der Waals surface area contributed by atoms with Crippen molar-refractivity contribution in [2.24, 2.45) is 0 Å². The third-order valence-electron chi connectivity index (χ3n) is 3.61. The summed E-state index contributed by atoms with van der Waals surface area (Å²) in [5.74, 6) is 4.12. The second-order valence-corrected chi connectivity index (χ2v) is 7.44. The highest BCUT2D eigenvalue weighted by molar-refractivity contribution is 6.53. The van der Waals surface area contributed by atoms with E-state index in [2.05, 4.69) is 18.8 Å². The van der Waals surface area contributed by atoms with Gasteiger partial charge in [-0.1, -0.05) is 61.4 Å². The van der Waals surface area contributed by atoms with Gasteiger partial charge in [-0.3, -0.25) is 0 Å². The van der Waals surface area contributed by atoms with Gasteiger partial charge in [0.2, 0.25) is 0 Å². The summed E-state index contributed by atoms with van der Waals surface area (Å²) in [6.07, 6.45) is 2.18. The Morgan fingerprint density at radius 1 is 0.955 bits per heavy atom. The van der Waals surface area contributed by atoms with Crippen molar-refractivity contribution >= 4 is 14.7 Å². The quantitative estimate of drug-likeness (QED) is 0.459. The highest BCUT2D eigenvalue weighted by atomic mass is 28.2. The van der Waals surface area contributed by atoms with Gasteiger partial charge in [-0.2, -0.15) is 0 Å². The van der Waals surface area contributed by atoms with E-state index in [0.29, 0.717) is 5.19 Å². The first-order valence-corrected chi connectivity index (χ1v) is 9.38. The average Bonchev–Trinajstić information content (AvgIpc) is 2.52. The smallest absolute Gasteiger partial charge is 0.174 e. The lowest BCUT2D eigenvalue weighted by Crippen LogP contribution is -2.20. The molecular formula is C19H20F2Si. The summed E-state index contributed by atoms with van der Waals surface area (Å²) in [5, 5.41) is 0.576. The molecule has 0 atom stereocenters. The third-order valence-corrected chi connectivity index (χ3v) is 5.54. The van der Waals surface area contributed by atoms with Gasteiger partial charge < -0.3 is 0 Å². The van der Waals surface area contributed by atoms with Gasteiger partial charge >= 0.3 is 0 Å². The molecule has 2 aromatic rings. The molecule has 0 saturated heterocycles. The van der Waals surface area contributed by atoms with Gasteiger partial charge in [0.1, 0.15) is 0 Å². The van der Waals surface area contributed by atoms with E-state index in [-0.39, 0.29) is 5.56 Å². The van der Waals surface area contributed by atoms with Gasteiger partial charge in [0, 0.05) is 5.56 Å². The second kappa shape index (κ2) is 7.91. The molecule has 114 valence electrons. The van der Waals surface area contributed by atoms with Crippen LogP contribution in [0.2, 0.25) is 6.04 Å². The predicted octanol–water partition coefficient (Wildman–Crippen LogP) is 3.69. The average molecular weight is 314 g/mol. The van der Waals surface area contributed by atoms with Crippen LogP contribution >= 0.6 is 0 Å². The Morgan fingerprint density at radius 3 is 2.36 bits per heavy atom. The molecule has 0 radical (unpaired) electrons. The van der Waals surface area contributed by atoms with Gasteiger partial charge in [-0.25, -0.2) is 8.78 Å². The maximum atomic E-state index is 14.1. The highest BCUT2D eigenvalue weighted by Gasteiger charge is 2.11. The Kier molecular flexibility index (Phi) is 5.91. The normalized spacial score (nSPS) is 10.7. The number of hydrogen-bond donors (Lipinski definition) is 0. The number of hydrogen-bond acceptors (Lipinski definition) is 0. The SMILES string of the molecule is CCCC[SiH2]c1ccc(C#Cc2ccc(C)cc2)c(F)c1F. The van der Waals surface area contributed by atoms with Gasteiger partial charge in [0.15, 0.2) is 11.6 Å². The number of aryl methyl sites for hydroxylation is 1. The fourth-order valence-corrected chi connectivity index (χ4v) is 4.01. The van der Waals surface area contributed by atoms with E-state index in [1.807, 2.05) is 31.2 Å². The van der Waals surface area contributed by atoms with Crippen LogP contribution in [0.15, 0.2) is 36.4 Å². The van der Waals surface area contributed by atoms with Crippen molar-refractivity contribution in [2.75, 3.05) is 0 Å². The van der Waals surface area contributed by atoms with E-state index < -0.39 is 21.2 Å². The summed E-state index contributed by atoms with van der Waals surface area (Å²) in [6.45, 7) is 4.10. The first-order valence-electron chi connectivity index (χ1n) is 7.67. The Hall–Kier alpha value is -1.92. The fraction of sp³-hybridized carbons (Fsp3) is 0.263. The molecule has 0 saturated carbocycles. The monoisotopic (exact) mass is 314 g/mol. The minimum Gasteiger partial charge on any atom is -0.204 e. The molecule has 2 rings (SSSR count). The van der Waals surface area contributed by atoms with E-state index in [9.17, 15) is 8.78 Å². The molecule has 0 aliphatic heterocycles. The molecule has 0 aliphatic carbocycles. The number of benzene rings is 2. The minimum absolute atomic E-state index is 0.131. The van der Waals surface area contributed by atoms with Crippen molar-refractivity contribution in [3.63, 3.8) is 0 Å². The summed E-state index contributed by atoms with van der Waals surface area (Å²) in [4.78, 5) is 0. The van der Waals surface area contributed by atoms with Crippen molar-refractivity contribution in [1.82, 2.24) is 0 Å². The van der Waals surface area contributed by atoms with Crippen LogP contribution < -0.4 is 5.19 Å². The van der Waals surface area contributed by atoms with Crippen molar-refractivity contribution in [3.8, 4) is 11.8 Å². The number of rotatable bonds is 4. The molecule has 0 spiro atoms. The van der Waals surface area contributed by atoms with Gasteiger partial charge in [0.25, 0.3) is 0 Å². The fourth-order valence-electron chi connectivity index (χ4n) is 2.22. The molecule has 0 N–H and O–H groups in total. The van der Waals surface area contributed by atoms with E-state index in [4.69, 9.17) is 0 Å². The van der Waals surface area contributed by atoms with Gasteiger partial charge in [0.05, 0.1) is 15.1 Å². The third kappa shape index (κ3) is 4.28. The molecule has 3 heteroatoms. The maximum Gasteiger partial charge on any atom is 0.174 e. The lowest BCUT2D eigenvalue weighted by atomic mass is 10.1. The molecule has 0 aliphatic rings. The van der Waals surface area contributed by atoms with Gasteiger partial charge in [-0.15, -0.1) is 0 Å². The summed E-state index contributed by atoms with van der Waals surface area (Å²) < 4.78 is 28.1. The molecule has 0 unspecified atom stereocenters. The van der Waals surface area contributed by atoms with Crippen molar-refractivity contribution < 1.29 is 8.78 Å². The summed E-state index contributed by atoms with van der Waals surface area (Å²) in [6, 6.07) is 12.0. The zero-order valence-electron chi connectivity index (χ0n) is 13.0. The van der Waals surface area contributed by atoms with Crippen molar-refractivity contribution in [3.05, 3.63) is 64.7 Å². The molecule has 0 nitrogen and oxygen atoms in total. The van der Waals surface area contributed by atoms with Crippen LogP contribution in [0, 0.1) is 30.4 Å².